The number of fused-ring (bicyclic) bond motifs is 1. The molecule has 1 N–H and O–H groups in total. The lowest BCUT2D eigenvalue weighted by Crippen LogP contribution is -1.87. The Morgan fingerprint density at radius 2 is 1.75 bits per heavy atom. The van der Waals surface area contributed by atoms with Crippen LogP contribution in [0.15, 0.2) is 54.7 Å². The fraction of sp³-hybridized carbons (Fsp3) is 0. The summed E-state index contributed by atoms with van der Waals surface area (Å²) in [6.45, 7) is 0. The first kappa shape index (κ1) is 12.0. The zero-order chi connectivity index (χ0) is 13.9. The van der Waals surface area contributed by atoms with E-state index in [4.69, 9.17) is 10.00 Å². The molecule has 0 radical (unpaired) electrons. The van der Waals surface area contributed by atoms with Gasteiger partial charge in [0, 0.05) is 12.3 Å². The third-order valence-electron chi connectivity index (χ3n) is 2.88. The number of benzene rings is 2. The molecule has 96 valence electrons. The number of aromatic hydroxyl groups is 1. The second-order valence-corrected chi connectivity index (χ2v) is 4.28. The third-order valence-corrected chi connectivity index (χ3v) is 2.88. The van der Waals surface area contributed by atoms with Crippen molar-refractivity contribution in [3.8, 4) is 23.3 Å². The predicted octanol–water partition coefficient (Wildman–Crippen LogP) is 3.60. The smallest absolute Gasteiger partial charge is 0.144 e. The van der Waals surface area contributed by atoms with Crippen LogP contribution in [0.2, 0.25) is 0 Å². The lowest BCUT2D eigenvalue weighted by molar-refractivity contribution is 0.476. The van der Waals surface area contributed by atoms with Crippen molar-refractivity contribution in [1.29, 1.82) is 5.26 Å². The van der Waals surface area contributed by atoms with Crippen molar-refractivity contribution in [3.63, 3.8) is 0 Å². The molecule has 3 rings (SSSR count). The van der Waals surface area contributed by atoms with Crippen LogP contribution in [-0.2, 0) is 0 Å². The maximum Gasteiger partial charge on any atom is 0.144 e. The van der Waals surface area contributed by atoms with Gasteiger partial charge in [0.15, 0.2) is 0 Å². The van der Waals surface area contributed by atoms with Crippen LogP contribution in [0.3, 0.4) is 0 Å². The summed E-state index contributed by atoms with van der Waals surface area (Å²) >= 11 is 0. The van der Waals surface area contributed by atoms with Crippen molar-refractivity contribution in [1.82, 2.24) is 4.98 Å². The fourth-order valence-electron chi connectivity index (χ4n) is 1.95. The van der Waals surface area contributed by atoms with Crippen LogP contribution in [-0.4, -0.2) is 10.1 Å². The summed E-state index contributed by atoms with van der Waals surface area (Å²) in [5.41, 5.74) is 0.306. The van der Waals surface area contributed by atoms with Crippen LogP contribution in [0, 0.1) is 11.3 Å². The Labute approximate surface area is 115 Å². The van der Waals surface area contributed by atoms with E-state index in [1.807, 2.05) is 30.3 Å². The molecule has 0 aliphatic carbocycles. The van der Waals surface area contributed by atoms with Crippen LogP contribution in [0.1, 0.15) is 5.69 Å². The first-order valence-corrected chi connectivity index (χ1v) is 6.01. The molecule has 0 amide bonds. The largest absolute Gasteiger partial charge is 0.508 e. The molecule has 4 nitrogen and oxygen atoms in total. The highest BCUT2D eigenvalue weighted by atomic mass is 16.5. The molecule has 2 aromatic carbocycles. The van der Waals surface area contributed by atoms with Crippen LogP contribution >= 0.6 is 0 Å². The lowest BCUT2D eigenvalue weighted by Gasteiger charge is -2.07. The quantitative estimate of drug-likeness (QED) is 0.766. The minimum Gasteiger partial charge on any atom is -0.508 e. The van der Waals surface area contributed by atoms with E-state index in [-0.39, 0.29) is 5.75 Å². The molecule has 0 saturated carbocycles. The van der Waals surface area contributed by atoms with Gasteiger partial charge in [-0.1, -0.05) is 12.1 Å². The van der Waals surface area contributed by atoms with Crippen LogP contribution in [0.4, 0.5) is 0 Å². The molecule has 4 heteroatoms. The summed E-state index contributed by atoms with van der Waals surface area (Å²) in [4.78, 5) is 3.89. The minimum absolute atomic E-state index is 0.213. The number of phenols is 1. The number of ether oxygens (including phenoxy) is 1. The monoisotopic (exact) mass is 262 g/mol. The number of nitriles is 1. The molecule has 1 aromatic heterocycles. The van der Waals surface area contributed by atoms with Crippen LogP contribution < -0.4 is 4.74 Å². The van der Waals surface area contributed by atoms with Gasteiger partial charge >= 0.3 is 0 Å². The standard InChI is InChI=1S/C16H10N2O2/c17-10-13-9-16(5-6-18-13)20-15-4-2-11-1-3-14(19)7-12(11)8-15/h1-9,19H. The Morgan fingerprint density at radius 1 is 0.950 bits per heavy atom. The average molecular weight is 262 g/mol. The molecule has 0 aliphatic rings. The van der Waals surface area contributed by atoms with Crippen molar-refractivity contribution in [2.45, 2.75) is 0 Å². The van der Waals surface area contributed by atoms with Gasteiger partial charge in [-0.15, -0.1) is 0 Å². The zero-order valence-electron chi connectivity index (χ0n) is 10.4. The first-order valence-electron chi connectivity index (χ1n) is 6.01. The number of phenolic OH excluding ortho intramolecular Hbond substituents is 1. The number of rotatable bonds is 2. The summed E-state index contributed by atoms with van der Waals surface area (Å²) < 4.78 is 5.70. The van der Waals surface area contributed by atoms with E-state index in [0.29, 0.717) is 17.2 Å². The Bertz CT molecular complexity index is 822. The van der Waals surface area contributed by atoms with Gasteiger partial charge < -0.3 is 9.84 Å². The molecule has 0 spiro atoms. The average Bonchev–Trinajstić information content (AvgIpc) is 2.47. The van der Waals surface area contributed by atoms with Gasteiger partial charge in [-0.3, -0.25) is 0 Å². The van der Waals surface area contributed by atoms with Crippen LogP contribution in [0.5, 0.6) is 17.2 Å². The normalized spacial score (nSPS) is 10.2. The number of pyridine rings is 1. The number of hydrogen-bond donors (Lipinski definition) is 1. The molecular formula is C16H10N2O2. The maximum absolute atomic E-state index is 9.49. The maximum atomic E-state index is 9.49. The third kappa shape index (κ3) is 2.38. The second kappa shape index (κ2) is 4.90. The molecule has 0 unspecified atom stereocenters. The van der Waals surface area contributed by atoms with Crippen molar-refractivity contribution in [2.24, 2.45) is 0 Å². The molecule has 20 heavy (non-hydrogen) atoms. The van der Waals surface area contributed by atoms with Gasteiger partial charge in [0.25, 0.3) is 0 Å². The molecule has 3 aromatic rings. The molecule has 1 heterocycles. The van der Waals surface area contributed by atoms with Gasteiger partial charge in [-0.25, -0.2) is 4.98 Å². The predicted molar refractivity (Wildman–Crippen MR) is 74.6 cm³/mol. The lowest BCUT2D eigenvalue weighted by atomic mass is 10.1. The molecule has 0 atom stereocenters. The topological polar surface area (TPSA) is 66.1 Å². The van der Waals surface area contributed by atoms with Gasteiger partial charge in [-0.2, -0.15) is 5.26 Å². The van der Waals surface area contributed by atoms with Gasteiger partial charge in [0.2, 0.25) is 0 Å². The van der Waals surface area contributed by atoms with E-state index in [0.717, 1.165) is 10.8 Å². The van der Waals surface area contributed by atoms with Crippen LogP contribution in [0.25, 0.3) is 10.8 Å². The van der Waals surface area contributed by atoms with E-state index in [9.17, 15) is 5.11 Å². The highest BCUT2D eigenvalue weighted by Gasteiger charge is 2.02. The van der Waals surface area contributed by atoms with Crippen molar-refractivity contribution < 1.29 is 9.84 Å². The van der Waals surface area contributed by atoms with E-state index in [1.54, 1.807) is 24.3 Å². The Hall–Kier alpha value is -3.06. The summed E-state index contributed by atoms with van der Waals surface area (Å²) in [7, 11) is 0. The number of nitrogens with zero attached hydrogens (tertiary/aromatic N) is 2. The van der Waals surface area contributed by atoms with Crippen molar-refractivity contribution in [2.75, 3.05) is 0 Å². The number of hydrogen-bond acceptors (Lipinski definition) is 4. The molecule has 0 saturated heterocycles. The van der Waals surface area contributed by atoms with Gasteiger partial charge in [0.1, 0.15) is 29.0 Å². The SMILES string of the molecule is N#Cc1cc(Oc2ccc3ccc(O)cc3c2)ccn1. The van der Waals surface area contributed by atoms with E-state index in [1.165, 1.54) is 6.20 Å². The first-order chi connectivity index (χ1) is 9.74. The molecule has 0 bridgehead atoms. The van der Waals surface area contributed by atoms with E-state index >= 15 is 0 Å². The fourth-order valence-corrected chi connectivity index (χ4v) is 1.95. The number of aromatic nitrogens is 1. The van der Waals surface area contributed by atoms with Crippen molar-refractivity contribution >= 4 is 10.8 Å². The zero-order valence-corrected chi connectivity index (χ0v) is 10.4. The summed E-state index contributed by atoms with van der Waals surface area (Å²) in [6.07, 6.45) is 1.53. The Morgan fingerprint density at radius 3 is 2.60 bits per heavy atom. The summed E-state index contributed by atoms with van der Waals surface area (Å²) in [5, 5.41) is 20.2. The highest BCUT2D eigenvalue weighted by Crippen LogP contribution is 2.27. The van der Waals surface area contributed by atoms with E-state index < -0.39 is 0 Å². The van der Waals surface area contributed by atoms with Gasteiger partial charge in [-0.05, 0) is 41.1 Å². The van der Waals surface area contributed by atoms with Gasteiger partial charge in [0.05, 0.1) is 0 Å². The molecule has 0 aliphatic heterocycles. The minimum atomic E-state index is 0.213. The summed E-state index contributed by atoms with van der Waals surface area (Å²) in [6, 6.07) is 16.0. The Balaban J connectivity index is 1.96. The second-order valence-electron chi connectivity index (χ2n) is 4.28. The Kier molecular flexibility index (Phi) is 2.94. The van der Waals surface area contributed by atoms with E-state index in [2.05, 4.69) is 4.98 Å². The highest BCUT2D eigenvalue weighted by molar-refractivity contribution is 5.85. The summed E-state index contributed by atoms with van der Waals surface area (Å²) in [5.74, 6) is 1.40. The van der Waals surface area contributed by atoms with Crippen molar-refractivity contribution in [3.05, 3.63) is 60.4 Å². The molecular weight excluding hydrogens is 252 g/mol. The molecule has 0 fully saturated rings.